The van der Waals surface area contributed by atoms with Gasteiger partial charge in [-0.05, 0) is 45.6 Å². The second kappa shape index (κ2) is 8.51. The van der Waals surface area contributed by atoms with Crippen molar-refractivity contribution in [2.45, 2.75) is 71.4 Å². The molecule has 1 aliphatic rings. The van der Waals surface area contributed by atoms with Crippen molar-refractivity contribution in [2.24, 2.45) is 13.0 Å². The van der Waals surface area contributed by atoms with Gasteiger partial charge < -0.3 is 15.7 Å². The Balaban J connectivity index is 1.88. The molecule has 1 aliphatic carbocycles. The average molecular weight is 336 g/mol. The first kappa shape index (κ1) is 18.8. The molecule has 0 radical (unpaired) electrons. The monoisotopic (exact) mass is 336 g/mol. The third-order valence-corrected chi connectivity index (χ3v) is 5.26. The largest absolute Gasteiger partial charge is 0.396 e. The number of aryl methyl sites for hydroxylation is 2. The summed E-state index contributed by atoms with van der Waals surface area (Å²) >= 11 is 0. The minimum absolute atomic E-state index is 0.0324. The van der Waals surface area contributed by atoms with E-state index in [0.29, 0.717) is 0 Å². The number of hydrogen-bond acceptors (Lipinski definition) is 3. The maximum absolute atomic E-state index is 12.3. The molecule has 6 nitrogen and oxygen atoms in total. The van der Waals surface area contributed by atoms with Crippen LogP contribution in [0.3, 0.4) is 0 Å². The van der Waals surface area contributed by atoms with E-state index >= 15 is 0 Å². The molecular formula is C18H32N4O2. The van der Waals surface area contributed by atoms with Crippen molar-refractivity contribution in [3.63, 3.8) is 0 Å². The molecule has 1 saturated carbocycles. The summed E-state index contributed by atoms with van der Waals surface area (Å²) < 4.78 is 1.88. The van der Waals surface area contributed by atoms with Gasteiger partial charge in [0, 0.05) is 37.4 Å². The second-order valence-corrected chi connectivity index (χ2v) is 7.18. The fourth-order valence-electron chi connectivity index (χ4n) is 3.70. The molecule has 0 bridgehead atoms. The average Bonchev–Trinajstić information content (AvgIpc) is 2.71. The lowest BCUT2D eigenvalue weighted by Gasteiger charge is -2.25. The molecule has 1 heterocycles. The summed E-state index contributed by atoms with van der Waals surface area (Å²) in [4.78, 5) is 12.3. The van der Waals surface area contributed by atoms with E-state index in [2.05, 4.69) is 22.7 Å². The summed E-state index contributed by atoms with van der Waals surface area (Å²) in [6.07, 6.45) is 6.16. The highest BCUT2D eigenvalue weighted by atomic mass is 16.3. The molecular weight excluding hydrogens is 304 g/mol. The number of nitrogens with one attached hydrogen (secondary N) is 2. The number of aromatic nitrogens is 2. The van der Waals surface area contributed by atoms with Crippen LogP contribution in [0.2, 0.25) is 0 Å². The molecule has 3 atom stereocenters. The lowest BCUT2D eigenvalue weighted by Crippen LogP contribution is -2.48. The van der Waals surface area contributed by atoms with Gasteiger partial charge in [0.25, 0.3) is 0 Å². The van der Waals surface area contributed by atoms with Gasteiger partial charge in [-0.3, -0.25) is 4.68 Å². The van der Waals surface area contributed by atoms with Crippen LogP contribution in [0.5, 0.6) is 0 Å². The fraction of sp³-hybridized carbons (Fsp3) is 0.778. The van der Waals surface area contributed by atoms with Crippen molar-refractivity contribution in [1.29, 1.82) is 0 Å². The number of urea groups is 1. The van der Waals surface area contributed by atoms with Crippen LogP contribution in [0.1, 0.15) is 56.0 Å². The van der Waals surface area contributed by atoms with Crippen LogP contribution in [0.25, 0.3) is 0 Å². The van der Waals surface area contributed by atoms with E-state index in [-0.39, 0.29) is 30.6 Å². The summed E-state index contributed by atoms with van der Waals surface area (Å²) in [5.41, 5.74) is 3.37. The van der Waals surface area contributed by atoms with E-state index in [1.165, 1.54) is 12.0 Å². The van der Waals surface area contributed by atoms with Crippen molar-refractivity contribution in [1.82, 2.24) is 20.4 Å². The second-order valence-electron chi connectivity index (χ2n) is 7.18. The highest BCUT2D eigenvalue weighted by Crippen LogP contribution is 2.23. The highest BCUT2D eigenvalue weighted by Gasteiger charge is 2.25. The first-order valence-electron chi connectivity index (χ1n) is 9.09. The summed E-state index contributed by atoms with van der Waals surface area (Å²) in [5.74, 6) is 0.177. The maximum Gasteiger partial charge on any atom is 0.315 e. The Bertz CT molecular complexity index is 555. The summed E-state index contributed by atoms with van der Waals surface area (Å²) in [6, 6.07) is -0.0245. The van der Waals surface area contributed by atoms with Crippen molar-refractivity contribution >= 4 is 6.03 Å². The molecule has 6 heteroatoms. The summed E-state index contributed by atoms with van der Waals surface area (Å²) in [7, 11) is 1.94. The minimum Gasteiger partial charge on any atom is -0.396 e. The standard InChI is InChI=1S/C18H32N4O2/c1-12(10-16-13(2)21-22(4)14(16)3)19-18(24)20-17-9-7-5-6-8-15(17)11-23/h12,15,17,23H,5-11H2,1-4H3,(H2,19,20,24). The Morgan fingerprint density at radius 3 is 2.67 bits per heavy atom. The summed E-state index contributed by atoms with van der Waals surface area (Å²) in [5, 5.41) is 20.1. The summed E-state index contributed by atoms with van der Waals surface area (Å²) in [6.45, 7) is 6.22. The first-order valence-corrected chi connectivity index (χ1v) is 9.09. The van der Waals surface area contributed by atoms with Gasteiger partial charge >= 0.3 is 6.03 Å². The molecule has 136 valence electrons. The Hall–Kier alpha value is -1.56. The number of carbonyl (C=O) groups excluding carboxylic acids is 1. The molecule has 0 saturated heterocycles. The van der Waals surface area contributed by atoms with Crippen LogP contribution in [-0.4, -0.2) is 39.6 Å². The van der Waals surface area contributed by atoms with Gasteiger partial charge in [-0.2, -0.15) is 5.10 Å². The van der Waals surface area contributed by atoms with Gasteiger partial charge in [-0.25, -0.2) is 4.79 Å². The minimum atomic E-state index is -0.132. The van der Waals surface area contributed by atoms with Crippen LogP contribution in [0, 0.1) is 19.8 Å². The molecule has 0 aromatic carbocycles. The van der Waals surface area contributed by atoms with Gasteiger partial charge in [0.2, 0.25) is 0 Å². The fourth-order valence-corrected chi connectivity index (χ4v) is 3.70. The number of aliphatic hydroxyl groups is 1. The number of nitrogens with zero attached hydrogens (tertiary/aromatic N) is 2. The Morgan fingerprint density at radius 2 is 2.04 bits per heavy atom. The maximum atomic E-state index is 12.3. The zero-order valence-corrected chi connectivity index (χ0v) is 15.4. The predicted molar refractivity (Wildman–Crippen MR) is 95.0 cm³/mol. The van der Waals surface area contributed by atoms with Crippen LogP contribution in [0.4, 0.5) is 4.79 Å². The van der Waals surface area contributed by atoms with E-state index in [4.69, 9.17) is 0 Å². The zero-order chi connectivity index (χ0) is 17.7. The Labute approximate surface area is 145 Å². The number of rotatable bonds is 5. The number of carbonyl (C=O) groups is 1. The van der Waals surface area contributed by atoms with Crippen LogP contribution >= 0.6 is 0 Å². The lowest BCUT2D eigenvalue weighted by molar-refractivity contribution is 0.178. The van der Waals surface area contributed by atoms with Crippen LogP contribution < -0.4 is 10.6 Å². The molecule has 1 aromatic heterocycles. The molecule has 1 aromatic rings. The Kier molecular flexibility index (Phi) is 6.66. The topological polar surface area (TPSA) is 79.2 Å². The molecule has 3 unspecified atom stereocenters. The molecule has 3 N–H and O–H groups in total. The van der Waals surface area contributed by atoms with Crippen molar-refractivity contribution in [3.05, 3.63) is 17.0 Å². The predicted octanol–water partition coefficient (Wildman–Crippen LogP) is 2.21. The van der Waals surface area contributed by atoms with Crippen molar-refractivity contribution in [2.75, 3.05) is 6.61 Å². The molecule has 2 rings (SSSR count). The number of hydrogen-bond donors (Lipinski definition) is 3. The first-order chi connectivity index (χ1) is 11.4. The van der Waals surface area contributed by atoms with Crippen LogP contribution in [0.15, 0.2) is 0 Å². The molecule has 0 spiro atoms. The Morgan fingerprint density at radius 1 is 1.33 bits per heavy atom. The zero-order valence-electron chi connectivity index (χ0n) is 15.4. The van der Waals surface area contributed by atoms with Crippen LogP contribution in [-0.2, 0) is 13.5 Å². The van der Waals surface area contributed by atoms with Gasteiger partial charge in [0.15, 0.2) is 0 Å². The van der Waals surface area contributed by atoms with Gasteiger partial charge in [-0.15, -0.1) is 0 Å². The normalized spacial score (nSPS) is 22.7. The lowest BCUT2D eigenvalue weighted by atomic mass is 9.96. The smallest absolute Gasteiger partial charge is 0.315 e. The molecule has 0 aliphatic heterocycles. The number of amides is 2. The van der Waals surface area contributed by atoms with E-state index in [1.54, 1.807) is 0 Å². The van der Waals surface area contributed by atoms with Crippen molar-refractivity contribution in [3.8, 4) is 0 Å². The van der Waals surface area contributed by atoms with E-state index in [0.717, 1.165) is 43.5 Å². The van der Waals surface area contributed by atoms with E-state index in [1.807, 2.05) is 25.6 Å². The third kappa shape index (κ3) is 4.72. The number of aliphatic hydroxyl groups excluding tert-OH is 1. The van der Waals surface area contributed by atoms with Gasteiger partial charge in [0.05, 0.1) is 5.69 Å². The third-order valence-electron chi connectivity index (χ3n) is 5.26. The van der Waals surface area contributed by atoms with Gasteiger partial charge in [0.1, 0.15) is 0 Å². The molecule has 1 fully saturated rings. The van der Waals surface area contributed by atoms with Crippen molar-refractivity contribution < 1.29 is 9.90 Å². The molecule has 24 heavy (non-hydrogen) atoms. The SMILES string of the molecule is Cc1nn(C)c(C)c1CC(C)NC(=O)NC1CCCCCC1CO. The van der Waals surface area contributed by atoms with E-state index in [9.17, 15) is 9.90 Å². The van der Waals surface area contributed by atoms with Gasteiger partial charge in [-0.1, -0.05) is 19.3 Å². The van der Waals surface area contributed by atoms with E-state index < -0.39 is 0 Å². The highest BCUT2D eigenvalue weighted by molar-refractivity contribution is 5.74. The quantitative estimate of drug-likeness (QED) is 0.721. The molecule has 2 amide bonds.